The van der Waals surface area contributed by atoms with Crippen molar-refractivity contribution in [1.29, 1.82) is 0 Å². The molecule has 826 valence electrons. The van der Waals surface area contributed by atoms with Gasteiger partial charge in [0.05, 0.1) is 69.0 Å². The van der Waals surface area contributed by atoms with Gasteiger partial charge < -0.3 is 37.9 Å². The number of hydrogen-bond acceptors (Lipinski definition) is 20. The third-order valence-corrected chi connectivity index (χ3v) is 40.2. The number of hydrogen-bond donors (Lipinski definition) is 0. The summed E-state index contributed by atoms with van der Waals surface area (Å²) in [5, 5.41) is 0. The molecule has 19 fully saturated rings. The molecule has 140 heavy (non-hydrogen) atoms. The molecule has 15 saturated carbocycles. The highest BCUT2D eigenvalue weighted by atomic mass is 16.6. The van der Waals surface area contributed by atoms with Gasteiger partial charge in [0, 0.05) is 5.92 Å². The summed E-state index contributed by atoms with van der Waals surface area (Å²) < 4.78 is 42.5. The lowest BCUT2D eigenvalue weighted by atomic mass is 9.66. The Balaban J connectivity index is -0.000000502. The topological polar surface area (TPSA) is 279 Å². The average Bonchev–Trinajstić information content (AvgIpc) is 1.55. The Hall–Kier alpha value is -5.56. The summed E-state index contributed by atoms with van der Waals surface area (Å²) in [7, 11) is 0. The quantitative estimate of drug-likeness (QED) is 0.0997. The van der Waals surface area contributed by atoms with Crippen molar-refractivity contribution in [3.05, 3.63) is 0 Å². The van der Waals surface area contributed by atoms with E-state index in [1.807, 2.05) is 0 Å². The van der Waals surface area contributed by atoms with Gasteiger partial charge in [0.2, 0.25) is 0 Å². The predicted molar refractivity (Wildman–Crippen MR) is 577 cm³/mol. The van der Waals surface area contributed by atoms with Gasteiger partial charge in [-0.2, -0.15) is 0 Å². The van der Waals surface area contributed by atoms with E-state index in [9.17, 15) is 57.5 Å². The Morgan fingerprint density at radius 1 is 0.257 bits per heavy atom. The molecular formula is C120H226O20. The van der Waals surface area contributed by atoms with Crippen LogP contribution in [0, 0.1) is 199 Å². The SMILES string of the molecule is C.C.C.C.C.C.C.C.C.C.C.C.C.C.C.C.CC1C(=O)OC(=O)C1C.CC1C(=O)OC(=O)C1C.CC1C(=O)OC(=O)C1C.CC1C(=O)OC(=O)C1C.CCC1(OC(=O)C2(C)CC3CC2C(C)C3C)CC2CC1C1CCCC21.CCC1(OC(=O)C2(C)CC3CC2C(C)C3C)CC2CCC1C2.CCC1(OC(=O)C2(C)CC3CC2C(C)C3C)CCCC1.CCC1(OC(=O)C2(C)CC3CC2C(C)C3C)CCCCC1. The van der Waals surface area contributed by atoms with Crippen LogP contribution in [-0.2, 0) is 95.4 Å². The van der Waals surface area contributed by atoms with Gasteiger partial charge in [-0.25, -0.2) is 0 Å². The minimum atomic E-state index is -0.396. The minimum absolute atomic E-state index is 0. The summed E-state index contributed by atoms with van der Waals surface area (Å²) in [6.07, 6.45) is 35.5. The molecular weight excluding hydrogens is 1760 g/mol. The van der Waals surface area contributed by atoms with Gasteiger partial charge in [-0.15, -0.1) is 0 Å². The molecule has 0 aromatic carbocycles. The highest BCUT2D eigenvalue weighted by Gasteiger charge is 2.68. The maximum atomic E-state index is 13.5. The molecule has 20 heteroatoms. The van der Waals surface area contributed by atoms with Crippen molar-refractivity contribution in [2.75, 3.05) is 0 Å². The van der Waals surface area contributed by atoms with Crippen LogP contribution in [0.1, 0.15) is 478 Å². The molecule has 0 amide bonds. The largest absolute Gasteiger partial charge is 0.459 e. The maximum absolute atomic E-state index is 13.5. The van der Waals surface area contributed by atoms with Crippen LogP contribution in [0.15, 0.2) is 0 Å². The second kappa shape index (κ2) is 54.9. The number of carbonyl (C=O) groups excluding carboxylic acids is 12. The van der Waals surface area contributed by atoms with Crippen molar-refractivity contribution >= 4 is 71.6 Å². The average molecular weight is 1990 g/mol. The monoisotopic (exact) mass is 1990 g/mol. The molecule has 4 saturated heterocycles. The standard InChI is InChI=1S/C23H36O2.C20H32O2.C19H32O2.C18H30O2.4C6H8O3.16CH4/c1-5-23(12-16-10-20(23)18-8-6-7-17(16)18)25-21(24)22(4)11-15-9-19(22)14(3)13(15)2;1-5-20(10-14-6-7-16(20)8-14)22-18(21)19(4)11-15-9-17(19)13(3)12(15)2;1-5-19(9-7-6-8-10-19)21-17(20)18(4)12-15-11-16(18)14(3)13(15)2;1-5-18(8-6-7-9-18)20-16(19)17(4)11-14-10-15(17)13(3)12(14)2;4*1-3-4(2)6(8)9-5(3)7;;;;;;;;;;;;;;;;/h13-20H,5-12H2,1-4H3;12-17H,5-11H2,1-4H3;13-16H,5-12H2,1-4H3;12-15H,5-11H2,1-4H3;4*3-4H,1-2H3;16*1H4. The molecule has 0 aromatic rings. The van der Waals surface area contributed by atoms with Gasteiger partial charge in [0.1, 0.15) is 22.4 Å². The van der Waals surface area contributed by atoms with E-state index in [2.05, 4.69) is 130 Å². The molecule has 20 nitrogen and oxygen atoms in total. The van der Waals surface area contributed by atoms with Crippen molar-refractivity contribution in [2.45, 2.75) is 500 Å². The molecule has 12 bridgehead atoms. The van der Waals surface area contributed by atoms with Gasteiger partial charge in [0.25, 0.3) is 0 Å². The smallest absolute Gasteiger partial charge is 0.317 e. The normalized spacial score (nSPS) is 41.5. The molecule has 4 aliphatic heterocycles. The van der Waals surface area contributed by atoms with Crippen LogP contribution in [0.4, 0.5) is 0 Å². The summed E-state index contributed by atoms with van der Waals surface area (Å²) in [6, 6.07) is 0. The number of rotatable bonds is 12. The lowest BCUT2D eigenvalue weighted by molar-refractivity contribution is -0.187. The first-order valence-corrected chi connectivity index (χ1v) is 50.1. The van der Waals surface area contributed by atoms with Crippen LogP contribution < -0.4 is 0 Å². The van der Waals surface area contributed by atoms with E-state index >= 15 is 0 Å². The zero-order valence-corrected chi connectivity index (χ0v) is 80.7. The molecule has 0 N–H and O–H groups in total. The molecule has 36 unspecified atom stereocenters. The zero-order chi connectivity index (χ0) is 91.1. The predicted octanol–water partition coefficient (Wildman–Crippen LogP) is 31.3. The molecule has 19 aliphatic rings. The maximum Gasteiger partial charge on any atom is 0.317 e. The Morgan fingerprint density at radius 3 is 0.714 bits per heavy atom. The first kappa shape index (κ1) is 143. The molecule has 0 aromatic heterocycles. The van der Waals surface area contributed by atoms with Crippen LogP contribution >= 0.6 is 0 Å². The minimum Gasteiger partial charge on any atom is -0.459 e. The molecule has 0 radical (unpaired) electrons. The third-order valence-electron chi connectivity index (χ3n) is 40.2. The number of carbonyl (C=O) groups is 12. The molecule has 4 heterocycles. The zero-order valence-electron chi connectivity index (χ0n) is 80.7. The lowest BCUT2D eigenvalue weighted by Gasteiger charge is -2.45. The molecule has 19 rings (SSSR count). The summed E-state index contributed by atoms with van der Waals surface area (Å²) in [5.41, 5.74) is -1.34. The number of fused-ring (bicyclic) bond motifs is 15. The second-order valence-electron chi connectivity index (χ2n) is 45.9. The first-order valence-electron chi connectivity index (χ1n) is 50.1. The Labute approximate surface area is 861 Å². The highest BCUT2D eigenvalue weighted by molar-refractivity contribution is 5.98. The Kier molecular flexibility index (Phi) is 56.0. The fourth-order valence-electron chi connectivity index (χ4n) is 29.5. The van der Waals surface area contributed by atoms with Crippen LogP contribution in [-0.4, -0.2) is 94.0 Å². The fourth-order valence-corrected chi connectivity index (χ4v) is 29.5. The second-order valence-corrected chi connectivity index (χ2v) is 45.9. The fraction of sp³-hybridized carbons (Fsp3) is 0.900. The van der Waals surface area contributed by atoms with Crippen LogP contribution in [0.25, 0.3) is 0 Å². The van der Waals surface area contributed by atoms with E-state index in [-0.39, 0.29) is 234 Å². The number of ether oxygens (including phenoxy) is 8. The first-order chi connectivity index (χ1) is 58.1. The van der Waals surface area contributed by atoms with Crippen molar-refractivity contribution in [3.8, 4) is 0 Å². The van der Waals surface area contributed by atoms with Crippen molar-refractivity contribution < 1.29 is 95.4 Å². The van der Waals surface area contributed by atoms with E-state index in [0.717, 1.165) is 161 Å². The van der Waals surface area contributed by atoms with Gasteiger partial charge in [-0.05, 0) is 332 Å². The molecule has 15 aliphatic carbocycles. The van der Waals surface area contributed by atoms with E-state index in [4.69, 9.17) is 18.9 Å². The van der Waals surface area contributed by atoms with E-state index < -0.39 is 47.8 Å². The molecule has 0 spiro atoms. The summed E-state index contributed by atoms with van der Waals surface area (Å²) >= 11 is 0. The third kappa shape index (κ3) is 26.4. The van der Waals surface area contributed by atoms with Gasteiger partial charge in [0.15, 0.2) is 0 Å². The number of cyclic esters (lactones) is 8. The van der Waals surface area contributed by atoms with Crippen LogP contribution in [0.3, 0.4) is 0 Å². The van der Waals surface area contributed by atoms with Crippen LogP contribution in [0.2, 0.25) is 0 Å². The van der Waals surface area contributed by atoms with Gasteiger partial charge in [-0.1, -0.05) is 270 Å². The van der Waals surface area contributed by atoms with Crippen molar-refractivity contribution in [3.63, 3.8) is 0 Å². The van der Waals surface area contributed by atoms with Crippen molar-refractivity contribution in [2.24, 2.45) is 199 Å². The van der Waals surface area contributed by atoms with Crippen molar-refractivity contribution in [1.82, 2.24) is 0 Å². The summed E-state index contributed by atoms with van der Waals surface area (Å²) in [4.78, 5) is 137. The lowest BCUT2D eigenvalue weighted by Crippen LogP contribution is -2.49. The highest BCUT2D eigenvalue weighted by Crippen LogP contribution is 2.69. The summed E-state index contributed by atoms with van der Waals surface area (Å²) in [5.74, 6) is 11.2. The van der Waals surface area contributed by atoms with Gasteiger partial charge >= 0.3 is 71.6 Å². The van der Waals surface area contributed by atoms with E-state index in [0.29, 0.717) is 59.2 Å². The van der Waals surface area contributed by atoms with E-state index in [1.165, 1.54) is 103 Å². The van der Waals surface area contributed by atoms with Gasteiger partial charge in [-0.3, -0.25) is 57.5 Å². The Morgan fingerprint density at radius 2 is 0.500 bits per heavy atom. The molecule has 36 atom stereocenters. The summed E-state index contributed by atoms with van der Waals surface area (Å²) in [6.45, 7) is 50.1. The van der Waals surface area contributed by atoms with Crippen LogP contribution in [0.5, 0.6) is 0 Å². The Bertz CT molecular complexity index is 3730. The number of esters is 12. The van der Waals surface area contributed by atoms with E-state index in [1.54, 1.807) is 55.4 Å².